The molecule has 1 aliphatic rings. The fraction of sp³-hybridized carbons (Fsp3) is 0.409. The number of rotatable bonds is 5. The third kappa shape index (κ3) is 9.56. The minimum Gasteiger partial charge on any atom is -0.475 e. The maximum Gasteiger partial charge on any atom is 0.490 e. The van der Waals surface area contributed by atoms with Gasteiger partial charge in [-0.1, -0.05) is 29.3 Å². The van der Waals surface area contributed by atoms with Crippen molar-refractivity contribution in [1.82, 2.24) is 9.88 Å². The number of nitrogens with zero attached hydrogens (tertiary/aromatic N) is 2. The molecule has 1 aromatic carbocycles. The lowest BCUT2D eigenvalue weighted by molar-refractivity contribution is -0.192. The molecule has 1 amide bonds. The molecule has 37 heavy (non-hydrogen) atoms. The number of alkyl halides is 6. The number of hydrogen-bond acceptors (Lipinski definition) is 5. The van der Waals surface area contributed by atoms with E-state index in [9.17, 15) is 31.1 Å². The average Bonchev–Trinajstić information content (AvgIpc) is 2.80. The number of aromatic nitrogens is 1. The lowest BCUT2D eigenvalue weighted by Gasteiger charge is -2.33. The van der Waals surface area contributed by atoms with Gasteiger partial charge in [-0.2, -0.15) is 26.3 Å². The van der Waals surface area contributed by atoms with Crippen molar-refractivity contribution in [2.75, 3.05) is 13.1 Å². The van der Waals surface area contributed by atoms with Gasteiger partial charge in [0.15, 0.2) is 0 Å². The number of carboxylic acids is 1. The Labute approximate surface area is 217 Å². The molecule has 2 aromatic rings. The summed E-state index contributed by atoms with van der Waals surface area (Å²) in [5.41, 5.74) is 5.45. The van der Waals surface area contributed by atoms with E-state index >= 15 is 0 Å². The minimum absolute atomic E-state index is 0.0686. The van der Waals surface area contributed by atoms with Crippen LogP contribution in [-0.4, -0.2) is 52.2 Å². The number of pyridine rings is 1. The predicted octanol–water partition coefficient (Wildman–Crippen LogP) is 5.11. The fourth-order valence-electron chi connectivity index (χ4n) is 3.25. The molecule has 0 aliphatic carbocycles. The van der Waals surface area contributed by atoms with E-state index in [1.165, 1.54) is 6.07 Å². The number of hydrogen-bond donors (Lipinski definition) is 2. The molecule has 0 spiro atoms. The molecule has 3 rings (SSSR count). The number of amides is 1. The normalized spacial score (nSPS) is 16.0. The van der Waals surface area contributed by atoms with Crippen LogP contribution >= 0.6 is 23.2 Å². The molecule has 0 radical (unpaired) electrons. The van der Waals surface area contributed by atoms with Crippen molar-refractivity contribution in [2.24, 2.45) is 5.73 Å². The lowest BCUT2D eigenvalue weighted by atomic mass is 10.1. The molecule has 1 fully saturated rings. The van der Waals surface area contributed by atoms with Gasteiger partial charge in [0.25, 0.3) is 0 Å². The van der Waals surface area contributed by atoms with Crippen LogP contribution in [-0.2, 0) is 28.7 Å². The summed E-state index contributed by atoms with van der Waals surface area (Å²) in [6.07, 6.45) is -8.73. The van der Waals surface area contributed by atoms with Gasteiger partial charge in [0.2, 0.25) is 11.8 Å². The van der Waals surface area contributed by atoms with E-state index < -0.39 is 30.1 Å². The van der Waals surface area contributed by atoms with Gasteiger partial charge in [0, 0.05) is 19.2 Å². The lowest BCUT2D eigenvalue weighted by Crippen LogP contribution is -2.45. The van der Waals surface area contributed by atoms with Crippen LogP contribution < -0.4 is 10.5 Å². The average molecular weight is 576 g/mol. The number of nitrogens with two attached hydrogens (primary N) is 1. The Morgan fingerprint density at radius 2 is 1.73 bits per heavy atom. The van der Waals surface area contributed by atoms with Gasteiger partial charge in [-0.05, 0) is 42.2 Å². The smallest absolute Gasteiger partial charge is 0.475 e. The number of halogens is 8. The molecule has 15 heteroatoms. The van der Waals surface area contributed by atoms with E-state index in [0.29, 0.717) is 29.4 Å². The largest absolute Gasteiger partial charge is 0.490 e. The van der Waals surface area contributed by atoms with Crippen LogP contribution in [0.2, 0.25) is 10.0 Å². The van der Waals surface area contributed by atoms with Gasteiger partial charge < -0.3 is 20.5 Å². The number of carboxylic acid groups (broad SMARTS) is 1. The van der Waals surface area contributed by atoms with Crippen LogP contribution in [0.5, 0.6) is 5.88 Å². The fourth-order valence-corrected chi connectivity index (χ4v) is 3.57. The first-order chi connectivity index (χ1) is 17.1. The number of carbonyl (C=O) groups is 2. The molecule has 1 aliphatic heterocycles. The quantitative estimate of drug-likeness (QED) is 0.480. The highest BCUT2D eigenvalue weighted by molar-refractivity contribution is 6.42. The summed E-state index contributed by atoms with van der Waals surface area (Å²) >= 11 is 11.9. The SMILES string of the molecule is NCc1cc(O[C@H]2CCCN(C(=O)Cc3ccc(Cl)c(Cl)c3)C2)nc(C(F)(F)F)c1.O=C(O)C(F)(F)F. The topological polar surface area (TPSA) is 106 Å². The van der Waals surface area contributed by atoms with Crippen LogP contribution in [0.15, 0.2) is 30.3 Å². The van der Waals surface area contributed by atoms with Crippen LogP contribution in [0.4, 0.5) is 26.3 Å². The molecule has 1 saturated heterocycles. The number of ether oxygens (including phenoxy) is 1. The summed E-state index contributed by atoms with van der Waals surface area (Å²) in [7, 11) is 0. The highest BCUT2D eigenvalue weighted by atomic mass is 35.5. The monoisotopic (exact) mass is 575 g/mol. The molecule has 3 N–H and O–H groups in total. The van der Waals surface area contributed by atoms with Gasteiger partial charge in [-0.3, -0.25) is 4.79 Å². The van der Waals surface area contributed by atoms with Crippen LogP contribution in [0.25, 0.3) is 0 Å². The Kier molecular flexibility index (Phi) is 10.4. The molecule has 1 aromatic heterocycles. The van der Waals surface area contributed by atoms with Crippen molar-refractivity contribution in [3.8, 4) is 5.88 Å². The zero-order valence-electron chi connectivity index (χ0n) is 18.9. The van der Waals surface area contributed by atoms with Crippen molar-refractivity contribution < 1.29 is 45.8 Å². The van der Waals surface area contributed by atoms with Crippen molar-refractivity contribution in [1.29, 1.82) is 0 Å². The second-order valence-electron chi connectivity index (χ2n) is 7.85. The van der Waals surface area contributed by atoms with E-state index in [4.69, 9.17) is 43.6 Å². The summed E-state index contributed by atoms with van der Waals surface area (Å²) < 4.78 is 76.6. The first kappa shape index (κ1) is 30.5. The van der Waals surface area contributed by atoms with E-state index in [-0.39, 0.29) is 36.9 Å². The van der Waals surface area contributed by atoms with E-state index in [1.54, 1.807) is 23.1 Å². The first-order valence-electron chi connectivity index (χ1n) is 10.6. The molecule has 204 valence electrons. The van der Waals surface area contributed by atoms with Gasteiger partial charge in [0.05, 0.1) is 23.0 Å². The zero-order chi connectivity index (χ0) is 28.0. The molecule has 0 bridgehead atoms. The van der Waals surface area contributed by atoms with Gasteiger partial charge in [0.1, 0.15) is 11.8 Å². The number of likely N-dealkylation sites (tertiary alicyclic amines) is 1. The molecule has 0 unspecified atom stereocenters. The highest BCUT2D eigenvalue weighted by Crippen LogP contribution is 2.31. The maximum absolute atomic E-state index is 13.1. The van der Waals surface area contributed by atoms with Crippen molar-refractivity contribution >= 4 is 35.1 Å². The Bertz CT molecular complexity index is 1110. The predicted molar refractivity (Wildman–Crippen MR) is 121 cm³/mol. The van der Waals surface area contributed by atoms with E-state index in [1.807, 2.05) is 0 Å². The summed E-state index contributed by atoms with van der Waals surface area (Å²) in [5, 5.41) is 7.90. The van der Waals surface area contributed by atoms with Crippen molar-refractivity contribution in [2.45, 2.75) is 44.3 Å². The second-order valence-corrected chi connectivity index (χ2v) is 8.67. The Hall–Kier alpha value is -2.77. The third-order valence-electron chi connectivity index (χ3n) is 4.99. The highest BCUT2D eigenvalue weighted by Gasteiger charge is 2.38. The second kappa shape index (κ2) is 12.7. The molecule has 0 saturated carbocycles. The summed E-state index contributed by atoms with van der Waals surface area (Å²) in [6.45, 7) is 0.737. The van der Waals surface area contributed by atoms with Gasteiger partial charge >= 0.3 is 18.3 Å². The zero-order valence-corrected chi connectivity index (χ0v) is 20.4. The van der Waals surface area contributed by atoms with Crippen LogP contribution in [0.1, 0.15) is 29.7 Å². The molecule has 1 atom stereocenters. The van der Waals surface area contributed by atoms with Crippen molar-refractivity contribution in [3.63, 3.8) is 0 Å². The summed E-state index contributed by atoms with van der Waals surface area (Å²) in [6, 6.07) is 7.29. The van der Waals surface area contributed by atoms with Gasteiger partial charge in [-0.25, -0.2) is 9.78 Å². The molecular formula is C22H21Cl2F6N3O4. The minimum atomic E-state index is -5.08. The van der Waals surface area contributed by atoms with E-state index in [0.717, 1.165) is 11.6 Å². The van der Waals surface area contributed by atoms with Crippen LogP contribution in [0, 0.1) is 0 Å². The molecular weight excluding hydrogens is 555 g/mol. The molecule has 7 nitrogen and oxygen atoms in total. The molecule has 2 heterocycles. The van der Waals surface area contributed by atoms with Crippen molar-refractivity contribution in [3.05, 3.63) is 57.2 Å². The standard InChI is InChI=1S/C20H20Cl2F3N3O2.C2HF3O2/c21-15-4-3-12(6-16(15)22)9-19(29)28-5-1-2-14(11-28)30-18-8-13(10-26)7-17(27-18)20(23,24)25;3-2(4,5)1(6)7/h3-4,6-8,14H,1-2,5,9-11,26H2;(H,6,7)/t14-;/m0./s1. The number of benzene rings is 1. The third-order valence-corrected chi connectivity index (χ3v) is 5.73. The maximum atomic E-state index is 13.1. The van der Waals surface area contributed by atoms with E-state index in [2.05, 4.69) is 4.98 Å². The Balaban J connectivity index is 0.000000604. The first-order valence-corrected chi connectivity index (χ1v) is 11.3. The Morgan fingerprint density at radius 1 is 1.08 bits per heavy atom. The van der Waals surface area contributed by atoms with Crippen LogP contribution in [0.3, 0.4) is 0 Å². The summed E-state index contributed by atoms with van der Waals surface area (Å²) in [5.74, 6) is -3.03. The van der Waals surface area contributed by atoms with Gasteiger partial charge in [-0.15, -0.1) is 0 Å². The number of aliphatic carboxylic acids is 1. The number of carbonyl (C=O) groups excluding carboxylic acids is 1. The Morgan fingerprint density at radius 3 is 2.27 bits per heavy atom. The number of piperidine rings is 1. The summed E-state index contributed by atoms with van der Waals surface area (Å²) in [4.78, 5) is 26.8.